The summed E-state index contributed by atoms with van der Waals surface area (Å²) in [7, 11) is 1.64. The Kier molecular flexibility index (Phi) is 5.01. The highest BCUT2D eigenvalue weighted by Crippen LogP contribution is 2.25. The summed E-state index contributed by atoms with van der Waals surface area (Å²) in [5.41, 5.74) is 3.19. The van der Waals surface area contributed by atoms with E-state index in [1.807, 2.05) is 26.8 Å². The lowest BCUT2D eigenvalue weighted by Gasteiger charge is -2.12. The lowest BCUT2D eigenvalue weighted by Crippen LogP contribution is -2.25. The van der Waals surface area contributed by atoms with Gasteiger partial charge >= 0.3 is 0 Å². The van der Waals surface area contributed by atoms with Crippen molar-refractivity contribution in [3.63, 3.8) is 0 Å². The molecule has 0 aliphatic rings. The molecule has 1 aromatic carbocycles. The van der Waals surface area contributed by atoms with Crippen LogP contribution in [-0.4, -0.2) is 19.6 Å². The zero-order chi connectivity index (χ0) is 12.8. The Labute approximate surface area is 103 Å². The molecule has 0 bridgehead atoms. The maximum Gasteiger partial charge on any atom is 0.224 e. The molecule has 1 N–H and O–H groups in total. The molecule has 17 heavy (non-hydrogen) atoms. The second kappa shape index (κ2) is 6.28. The molecule has 0 aliphatic heterocycles. The van der Waals surface area contributed by atoms with Crippen molar-refractivity contribution in [2.24, 2.45) is 0 Å². The third-order valence-electron chi connectivity index (χ3n) is 2.62. The molecule has 0 atom stereocenters. The van der Waals surface area contributed by atoms with Gasteiger partial charge in [0.2, 0.25) is 5.91 Å². The fraction of sp³-hybridized carbons (Fsp3) is 0.500. The molecular formula is C14H21NO2. The molecule has 94 valence electrons. The SMILES string of the molecule is CCCNC(=O)Cc1cc(C)cc(C)c1OC. The molecule has 1 rings (SSSR count). The van der Waals surface area contributed by atoms with Gasteiger partial charge in [0.1, 0.15) is 5.75 Å². The van der Waals surface area contributed by atoms with Crippen LogP contribution in [0.15, 0.2) is 12.1 Å². The monoisotopic (exact) mass is 235 g/mol. The summed E-state index contributed by atoms with van der Waals surface area (Å²) in [5.74, 6) is 0.873. The van der Waals surface area contributed by atoms with Gasteiger partial charge in [-0.05, 0) is 25.8 Å². The van der Waals surface area contributed by atoms with E-state index in [1.165, 1.54) is 0 Å². The molecule has 0 unspecified atom stereocenters. The van der Waals surface area contributed by atoms with Gasteiger partial charge in [0.15, 0.2) is 0 Å². The number of hydrogen-bond donors (Lipinski definition) is 1. The van der Waals surface area contributed by atoms with Crippen LogP contribution < -0.4 is 10.1 Å². The Morgan fingerprint density at radius 1 is 1.35 bits per heavy atom. The van der Waals surface area contributed by atoms with Crippen molar-refractivity contribution < 1.29 is 9.53 Å². The maximum atomic E-state index is 11.7. The molecule has 3 heteroatoms. The molecule has 0 aliphatic carbocycles. The zero-order valence-electron chi connectivity index (χ0n) is 11.1. The average Bonchev–Trinajstić information content (AvgIpc) is 2.25. The van der Waals surface area contributed by atoms with Gasteiger partial charge in [-0.25, -0.2) is 0 Å². The first-order valence-electron chi connectivity index (χ1n) is 5.99. The number of rotatable bonds is 5. The van der Waals surface area contributed by atoms with Gasteiger partial charge in [-0.15, -0.1) is 0 Å². The molecule has 3 nitrogen and oxygen atoms in total. The summed E-state index contributed by atoms with van der Waals surface area (Å²) in [5, 5.41) is 2.88. The van der Waals surface area contributed by atoms with Crippen molar-refractivity contribution in [2.45, 2.75) is 33.6 Å². The summed E-state index contributed by atoms with van der Waals surface area (Å²) >= 11 is 0. The highest BCUT2D eigenvalue weighted by Gasteiger charge is 2.11. The van der Waals surface area contributed by atoms with Crippen molar-refractivity contribution in [2.75, 3.05) is 13.7 Å². The lowest BCUT2D eigenvalue weighted by atomic mass is 10.0. The smallest absolute Gasteiger partial charge is 0.224 e. The van der Waals surface area contributed by atoms with Gasteiger partial charge in [-0.3, -0.25) is 4.79 Å². The van der Waals surface area contributed by atoms with Crippen LogP contribution in [0.25, 0.3) is 0 Å². The van der Waals surface area contributed by atoms with E-state index in [0.717, 1.165) is 35.4 Å². The van der Waals surface area contributed by atoms with Gasteiger partial charge in [-0.1, -0.05) is 24.6 Å². The Balaban J connectivity index is 2.85. The average molecular weight is 235 g/mol. The van der Waals surface area contributed by atoms with Crippen molar-refractivity contribution in [1.82, 2.24) is 5.32 Å². The fourth-order valence-electron chi connectivity index (χ4n) is 1.97. The number of methoxy groups -OCH3 is 1. The van der Waals surface area contributed by atoms with Crippen molar-refractivity contribution in [3.8, 4) is 5.75 Å². The van der Waals surface area contributed by atoms with E-state index in [9.17, 15) is 4.79 Å². The van der Waals surface area contributed by atoms with Gasteiger partial charge < -0.3 is 10.1 Å². The minimum Gasteiger partial charge on any atom is -0.496 e. The number of aryl methyl sites for hydroxylation is 2. The topological polar surface area (TPSA) is 38.3 Å². The number of ether oxygens (including phenoxy) is 1. The number of nitrogens with one attached hydrogen (secondary N) is 1. The highest BCUT2D eigenvalue weighted by molar-refractivity contribution is 5.79. The first-order chi connectivity index (χ1) is 8.08. The Bertz CT molecular complexity index is 399. The summed E-state index contributed by atoms with van der Waals surface area (Å²) in [6.45, 7) is 6.79. The van der Waals surface area contributed by atoms with Crippen LogP contribution in [0.1, 0.15) is 30.0 Å². The van der Waals surface area contributed by atoms with Gasteiger partial charge in [-0.2, -0.15) is 0 Å². The molecule has 0 saturated heterocycles. The van der Waals surface area contributed by atoms with E-state index in [1.54, 1.807) is 7.11 Å². The maximum absolute atomic E-state index is 11.7. The fourth-order valence-corrected chi connectivity index (χ4v) is 1.97. The quantitative estimate of drug-likeness (QED) is 0.851. The Hall–Kier alpha value is -1.51. The number of benzene rings is 1. The van der Waals surface area contributed by atoms with Crippen LogP contribution in [0.4, 0.5) is 0 Å². The molecule has 0 radical (unpaired) electrons. The Morgan fingerprint density at radius 2 is 2.06 bits per heavy atom. The van der Waals surface area contributed by atoms with Crippen molar-refractivity contribution in [3.05, 3.63) is 28.8 Å². The van der Waals surface area contributed by atoms with E-state index < -0.39 is 0 Å². The first-order valence-corrected chi connectivity index (χ1v) is 5.99. The minimum atomic E-state index is 0.0511. The predicted octanol–water partition coefficient (Wildman–Crippen LogP) is 2.38. The third kappa shape index (κ3) is 3.77. The predicted molar refractivity (Wildman–Crippen MR) is 69.5 cm³/mol. The lowest BCUT2D eigenvalue weighted by molar-refractivity contribution is -0.120. The number of carbonyl (C=O) groups excluding carboxylic acids is 1. The van der Waals surface area contributed by atoms with Crippen LogP contribution in [0.5, 0.6) is 5.75 Å². The van der Waals surface area contributed by atoms with Gasteiger partial charge in [0, 0.05) is 12.1 Å². The number of hydrogen-bond acceptors (Lipinski definition) is 2. The van der Waals surface area contributed by atoms with Crippen LogP contribution >= 0.6 is 0 Å². The molecule has 0 heterocycles. The van der Waals surface area contributed by atoms with Crippen molar-refractivity contribution >= 4 is 5.91 Å². The number of carbonyl (C=O) groups is 1. The molecule has 0 spiro atoms. The van der Waals surface area contributed by atoms with E-state index >= 15 is 0 Å². The molecule has 0 fully saturated rings. The minimum absolute atomic E-state index is 0.0511. The van der Waals surface area contributed by atoms with E-state index in [2.05, 4.69) is 11.4 Å². The van der Waals surface area contributed by atoms with Gasteiger partial charge in [0.05, 0.1) is 13.5 Å². The Morgan fingerprint density at radius 3 is 2.65 bits per heavy atom. The standard InChI is InChI=1S/C14H21NO2/c1-5-6-15-13(16)9-12-8-10(2)7-11(3)14(12)17-4/h7-8H,5-6,9H2,1-4H3,(H,15,16). The summed E-state index contributed by atoms with van der Waals surface area (Å²) < 4.78 is 5.36. The molecule has 1 aromatic rings. The van der Waals surface area contributed by atoms with Crippen molar-refractivity contribution in [1.29, 1.82) is 0 Å². The van der Waals surface area contributed by atoms with E-state index in [4.69, 9.17) is 4.74 Å². The first kappa shape index (κ1) is 13.6. The molecule has 1 amide bonds. The normalized spacial score (nSPS) is 10.1. The zero-order valence-corrected chi connectivity index (χ0v) is 11.1. The number of amides is 1. The van der Waals surface area contributed by atoms with E-state index in [0.29, 0.717) is 6.42 Å². The van der Waals surface area contributed by atoms with Crippen LogP contribution in [0, 0.1) is 13.8 Å². The van der Waals surface area contributed by atoms with Crippen LogP contribution in [-0.2, 0) is 11.2 Å². The van der Waals surface area contributed by atoms with Crippen LogP contribution in [0.3, 0.4) is 0 Å². The third-order valence-corrected chi connectivity index (χ3v) is 2.62. The molecular weight excluding hydrogens is 214 g/mol. The summed E-state index contributed by atoms with van der Waals surface area (Å²) in [6.07, 6.45) is 1.33. The summed E-state index contributed by atoms with van der Waals surface area (Å²) in [4.78, 5) is 11.7. The second-order valence-corrected chi connectivity index (χ2v) is 4.30. The van der Waals surface area contributed by atoms with Gasteiger partial charge in [0.25, 0.3) is 0 Å². The highest BCUT2D eigenvalue weighted by atomic mass is 16.5. The summed E-state index contributed by atoms with van der Waals surface area (Å²) in [6, 6.07) is 4.07. The van der Waals surface area contributed by atoms with E-state index in [-0.39, 0.29) is 5.91 Å². The second-order valence-electron chi connectivity index (χ2n) is 4.30. The molecule has 0 saturated carbocycles. The molecule has 0 aromatic heterocycles. The van der Waals surface area contributed by atoms with Crippen LogP contribution in [0.2, 0.25) is 0 Å². The largest absolute Gasteiger partial charge is 0.496 e.